The molecule has 2 saturated heterocycles. The number of nitrogens with zero attached hydrogens (tertiary/aromatic N) is 4. The molecule has 0 saturated carbocycles. The van der Waals surface area contributed by atoms with Gasteiger partial charge in [-0.3, -0.25) is 9.59 Å². The molecule has 9 heteroatoms. The SMILES string of the molecule is O=C(Nc1ccc(Cl)cc1C(=O)N1CCCC1)c1nc(N2CCCC2)ncc1Cl. The number of hydrogen-bond donors (Lipinski definition) is 1. The lowest BCUT2D eigenvalue weighted by Gasteiger charge is -2.19. The molecule has 0 radical (unpaired) electrons. The van der Waals surface area contributed by atoms with Crippen LogP contribution in [0.15, 0.2) is 24.4 Å². The summed E-state index contributed by atoms with van der Waals surface area (Å²) in [5, 5.41) is 3.37. The van der Waals surface area contributed by atoms with E-state index in [0.29, 0.717) is 35.3 Å². The molecule has 0 bridgehead atoms. The first-order valence-corrected chi connectivity index (χ1v) is 10.5. The van der Waals surface area contributed by atoms with E-state index in [1.807, 2.05) is 4.90 Å². The smallest absolute Gasteiger partial charge is 0.276 e. The zero-order valence-electron chi connectivity index (χ0n) is 15.8. The minimum absolute atomic E-state index is 0.0816. The number of carbonyl (C=O) groups is 2. The number of benzene rings is 1. The van der Waals surface area contributed by atoms with Crippen LogP contribution >= 0.6 is 23.2 Å². The van der Waals surface area contributed by atoms with Gasteiger partial charge >= 0.3 is 0 Å². The highest BCUT2D eigenvalue weighted by atomic mass is 35.5. The van der Waals surface area contributed by atoms with Crippen LogP contribution in [-0.4, -0.2) is 52.9 Å². The first kappa shape index (κ1) is 19.9. The molecule has 2 aliphatic rings. The first-order chi connectivity index (χ1) is 14.0. The van der Waals surface area contributed by atoms with Crippen molar-refractivity contribution in [2.45, 2.75) is 25.7 Å². The Kier molecular flexibility index (Phi) is 5.87. The lowest BCUT2D eigenvalue weighted by atomic mass is 10.1. The van der Waals surface area contributed by atoms with Gasteiger partial charge in [0.15, 0.2) is 5.69 Å². The molecular formula is C20H21Cl2N5O2. The highest BCUT2D eigenvalue weighted by molar-refractivity contribution is 6.34. The molecule has 1 aromatic carbocycles. The molecule has 0 unspecified atom stereocenters. The molecule has 3 heterocycles. The van der Waals surface area contributed by atoms with Crippen LogP contribution in [-0.2, 0) is 0 Å². The van der Waals surface area contributed by atoms with Crippen LogP contribution in [0.25, 0.3) is 0 Å². The van der Waals surface area contributed by atoms with Gasteiger partial charge in [-0.05, 0) is 43.9 Å². The summed E-state index contributed by atoms with van der Waals surface area (Å²) in [5.74, 6) is -0.149. The van der Waals surface area contributed by atoms with E-state index in [2.05, 4.69) is 15.3 Å². The molecule has 152 valence electrons. The molecule has 4 rings (SSSR count). The van der Waals surface area contributed by atoms with E-state index in [-0.39, 0.29) is 16.6 Å². The third-order valence-electron chi connectivity index (χ3n) is 5.19. The molecule has 2 fully saturated rings. The third kappa shape index (κ3) is 4.31. The van der Waals surface area contributed by atoms with Crippen molar-refractivity contribution >= 4 is 46.7 Å². The molecule has 2 amide bonds. The highest BCUT2D eigenvalue weighted by Gasteiger charge is 2.25. The van der Waals surface area contributed by atoms with Crippen molar-refractivity contribution in [1.29, 1.82) is 0 Å². The topological polar surface area (TPSA) is 78.4 Å². The predicted octanol–water partition coefficient (Wildman–Crippen LogP) is 3.87. The minimum Gasteiger partial charge on any atom is -0.341 e. The molecule has 2 aromatic rings. The Bertz CT molecular complexity index is 940. The van der Waals surface area contributed by atoms with Gasteiger partial charge in [0.1, 0.15) is 0 Å². The van der Waals surface area contributed by atoms with E-state index in [1.165, 1.54) is 6.20 Å². The van der Waals surface area contributed by atoms with Gasteiger partial charge in [-0.15, -0.1) is 0 Å². The summed E-state index contributed by atoms with van der Waals surface area (Å²) in [6.07, 6.45) is 5.53. The van der Waals surface area contributed by atoms with Gasteiger partial charge in [-0.25, -0.2) is 9.97 Å². The van der Waals surface area contributed by atoms with Crippen LogP contribution in [0.3, 0.4) is 0 Å². The van der Waals surface area contributed by atoms with Crippen molar-refractivity contribution in [3.05, 3.63) is 45.7 Å². The fourth-order valence-corrected chi connectivity index (χ4v) is 4.01. The first-order valence-electron chi connectivity index (χ1n) is 9.70. The van der Waals surface area contributed by atoms with Crippen LogP contribution in [0.2, 0.25) is 10.0 Å². The monoisotopic (exact) mass is 433 g/mol. The van der Waals surface area contributed by atoms with E-state index in [4.69, 9.17) is 23.2 Å². The van der Waals surface area contributed by atoms with Crippen molar-refractivity contribution < 1.29 is 9.59 Å². The number of anilines is 2. The molecule has 7 nitrogen and oxygen atoms in total. The summed E-state index contributed by atoms with van der Waals surface area (Å²) >= 11 is 12.3. The molecular weight excluding hydrogens is 413 g/mol. The summed E-state index contributed by atoms with van der Waals surface area (Å²) in [6, 6.07) is 4.84. The van der Waals surface area contributed by atoms with Crippen LogP contribution in [0.4, 0.5) is 11.6 Å². The van der Waals surface area contributed by atoms with Crippen molar-refractivity contribution in [1.82, 2.24) is 14.9 Å². The molecule has 1 N–H and O–H groups in total. The molecule has 0 atom stereocenters. The lowest BCUT2D eigenvalue weighted by Crippen LogP contribution is -2.29. The van der Waals surface area contributed by atoms with Crippen molar-refractivity contribution in [3.63, 3.8) is 0 Å². The van der Waals surface area contributed by atoms with Gasteiger partial charge in [0.25, 0.3) is 11.8 Å². The Balaban J connectivity index is 1.60. The quantitative estimate of drug-likeness (QED) is 0.791. The minimum atomic E-state index is -0.490. The maximum absolute atomic E-state index is 12.9. The summed E-state index contributed by atoms with van der Waals surface area (Å²) < 4.78 is 0. The van der Waals surface area contributed by atoms with Crippen LogP contribution < -0.4 is 10.2 Å². The summed E-state index contributed by atoms with van der Waals surface area (Å²) in [7, 11) is 0. The molecule has 0 aliphatic carbocycles. The number of aromatic nitrogens is 2. The molecule has 2 aliphatic heterocycles. The Morgan fingerprint density at radius 1 is 1.00 bits per heavy atom. The number of rotatable bonds is 4. The number of hydrogen-bond acceptors (Lipinski definition) is 5. The predicted molar refractivity (Wildman–Crippen MR) is 113 cm³/mol. The zero-order chi connectivity index (χ0) is 20.4. The third-order valence-corrected chi connectivity index (χ3v) is 5.70. The van der Waals surface area contributed by atoms with Crippen molar-refractivity contribution in [2.24, 2.45) is 0 Å². The summed E-state index contributed by atoms with van der Waals surface area (Å²) in [6.45, 7) is 3.12. The van der Waals surface area contributed by atoms with E-state index in [0.717, 1.165) is 38.8 Å². The number of amides is 2. The van der Waals surface area contributed by atoms with Crippen molar-refractivity contribution in [2.75, 3.05) is 36.4 Å². The highest BCUT2D eigenvalue weighted by Crippen LogP contribution is 2.26. The van der Waals surface area contributed by atoms with E-state index in [9.17, 15) is 9.59 Å². The molecule has 29 heavy (non-hydrogen) atoms. The van der Waals surface area contributed by atoms with Crippen molar-refractivity contribution in [3.8, 4) is 0 Å². The number of carbonyl (C=O) groups excluding carboxylic acids is 2. The van der Waals surface area contributed by atoms with Crippen LogP contribution in [0.1, 0.15) is 46.5 Å². The summed E-state index contributed by atoms with van der Waals surface area (Å²) in [5.41, 5.74) is 0.824. The lowest BCUT2D eigenvalue weighted by molar-refractivity contribution is 0.0794. The average molecular weight is 434 g/mol. The fourth-order valence-electron chi connectivity index (χ4n) is 3.66. The second-order valence-electron chi connectivity index (χ2n) is 7.20. The van der Waals surface area contributed by atoms with Gasteiger partial charge in [-0.1, -0.05) is 23.2 Å². The standard InChI is InChI=1S/C20H21Cl2N5O2/c21-13-5-6-16(14(11-13)19(29)26-7-1-2-8-26)24-18(28)17-15(22)12-23-20(25-17)27-9-3-4-10-27/h5-6,11-12H,1-4,7-10H2,(H,24,28). The Morgan fingerprint density at radius 3 is 2.41 bits per heavy atom. The van der Waals surface area contributed by atoms with E-state index >= 15 is 0 Å². The second kappa shape index (κ2) is 8.55. The maximum Gasteiger partial charge on any atom is 0.276 e. The van der Waals surface area contributed by atoms with Gasteiger partial charge in [0, 0.05) is 31.2 Å². The number of halogens is 2. The molecule has 1 aromatic heterocycles. The average Bonchev–Trinajstić information content (AvgIpc) is 3.43. The van der Waals surface area contributed by atoms with Gasteiger partial charge in [0.05, 0.1) is 22.5 Å². The molecule has 0 spiro atoms. The summed E-state index contributed by atoms with van der Waals surface area (Å²) in [4.78, 5) is 38.2. The Labute approximate surface area is 179 Å². The van der Waals surface area contributed by atoms with E-state index in [1.54, 1.807) is 23.1 Å². The Hall–Kier alpha value is -2.38. The normalized spacial score (nSPS) is 16.3. The maximum atomic E-state index is 12.9. The Morgan fingerprint density at radius 2 is 1.69 bits per heavy atom. The van der Waals surface area contributed by atoms with Gasteiger partial charge < -0.3 is 15.1 Å². The van der Waals surface area contributed by atoms with Gasteiger partial charge in [0.2, 0.25) is 5.95 Å². The van der Waals surface area contributed by atoms with Crippen LogP contribution in [0, 0.1) is 0 Å². The van der Waals surface area contributed by atoms with Gasteiger partial charge in [-0.2, -0.15) is 0 Å². The number of likely N-dealkylation sites (tertiary alicyclic amines) is 1. The largest absolute Gasteiger partial charge is 0.341 e. The zero-order valence-corrected chi connectivity index (χ0v) is 17.3. The number of nitrogens with one attached hydrogen (secondary N) is 1. The second-order valence-corrected chi connectivity index (χ2v) is 8.05. The van der Waals surface area contributed by atoms with Crippen LogP contribution in [0.5, 0.6) is 0 Å². The fraction of sp³-hybridized carbons (Fsp3) is 0.400. The van der Waals surface area contributed by atoms with E-state index < -0.39 is 5.91 Å².